The SMILES string of the molecule is CN1CC[C@@H](Oc2cnnc(-c3cccc(CNCC[C@H]4CN(c5ccc6c(n5)NC(=O)CO6)C(=O)O4)c3)c2)C1. The van der Waals surface area contributed by atoms with Gasteiger partial charge in [0.2, 0.25) is 0 Å². The Morgan fingerprint density at radius 1 is 1.18 bits per heavy atom. The number of anilines is 2. The average molecular weight is 546 g/mol. The van der Waals surface area contributed by atoms with Crippen LogP contribution in [-0.2, 0) is 16.1 Å². The van der Waals surface area contributed by atoms with Gasteiger partial charge in [-0.15, -0.1) is 0 Å². The van der Waals surface area contributed by atoms with Crippen molar-refractivity contribution in [3.8, 4) is 22.8 Å². The van der Waals surface area contributed by atoms with Crippen LogP contribution in [0.15, 0.2) is 48.7 Å². The lowest BCUT2D eigenvalue weighted by Crippen LogP contribution is -2.29. The number of pyridine rings is 1. The predicted molar refractivity (Wildman–Crippen MR) is 146 cm³/mol. The standard InChI is InChI=1S/C28H31N7O5/c1-34-10-8-21(15-34)39-22-12-23(33-30-14-22)19-4-2-3-18(11-19)13-29-9-7-20-16-35(28(37)40-20)25-6-5-24-27(31-25)32-26(36)17-38-24/h2-6,11-12,14,20-21,29H,7-10,13,15-17H2,1H3,(H,31,32,36)/t20-,21+/m0/s1. The third-order valence-corrected chi connectivity index (χ3v) is 7.09. The van der Waals surface area contributed by atoms with Crippen LogP contribution >= 0.6 is 0 Å². The van der Waals surface area contributed by atoms with E-state index in [0.717, 1.165) is 42.1 Å². The van der Waals surface area contributed by atoms with Crippen molar-refractivity contribution in [3.63, 3.8) is 0 Å². The van der Waals surface area contributed by atoms with Crippen molar-refractivity contribution in [2.75, 3.05) is 50.1 Å². The van der Waals surface area contributed by atoms with Crippen LogP contribution in [0.3, 0.4) is 0 Å². The number of fused-ring (bicyclic) bond motifs is 1. The van der Waals surface area contributed by atoms with Gasteiger partial charge in [0.05, 0.1) is 18.4 Å². The zero-order valence-electron chi connectivity index (χ0n) is 22.2. The number of nitrogens with zero attached hydrogens (tertiary/aromatic N) is 5. The number of likely N-dealkylation sites (tertiary alicyclic amines) is 1. The Labute approximate surface area is 231 Å². The number of cyclic esters (lactones) is 1. The number of ether oxygens (including phenoxy) is 3. The molecule has 0 spiro atoms. The van der Waals surface area contributed by atoms with E-state index in [9.17, 15) is 9.59 Å². The highest BCUT2D eigenvalue weighted by Gasteiger charge is 2.33. The molecule has 1 aromatic carbocycles. The lowest BCUT2D eigenvalue weighted by atomic mass is 10.1. The van der Waals surface area contributed by atoms with Gasteiger partial charge in [-0.05, 0) is 50.2 Å². The van der Waals surface area contributed by atoms with Crippen molar-refractivity contribution in [1.82, 2.24) is 25.4 Å². The molecule has 5 heterocycles. The van der Waals surface area contributed by atoms with Crippen LogP contribution < -0.4 is 25.0 Å². The van der Waals surface area contributed by atoms with Crippen LogP contribution in [-0.4, -0.2) is 84.1 Å². The van der Waals surface area contributed by atoms with E-state index in [1.807, 2.05) is 18.2 Å². The fourth-order valence-corrected chi connectivity index (χ4v) is 5.04. The third-order valence-electron chi connectivity index (χ3n) is 7.09. The number of carbonyl (C=O) groups excluding carboxylic acids is 2. The first-order valence-corrected chi connectivity index (χ1v) is 13.4. The lowest BCUT2D eigenvalue weighted by Gasteiger charge is -2.19. The zero-order chi connectivity index (χ0) is 27.5. The Balaban J connectivity index is 0.997. The van der Waals surface area contributed by atoms with E-state index >= 15 is 0 Å². The van der Waals surface area contributed by atoms with Gasteiger partial charge in [-0.2, -0.15) is 10.2 Å². The quantitative estimate of drug-likeness (QED) is 0.387. The molecule has 2 atom stereocenters. The molecule has 0 bridgehead atoms. The van der Waals surface area contributed by atoms with Gasteiger partial charge < -0.3 is 29.7 Å². The summed E-state index contributed by atoms with van der Waals surface area (Å²) in [6, 6.07) is 13.5. The second-order valence-electron chi connectivity index (χ2n) is 10.2. The average Bonchev–Trinajstić information content (AvgIpc) is 3.55. The molecular weight excluding hydrogens is 514 g/mol. The molecule has 2 aromatic heterocycles. The van der Waals surface area contributed by atoms with Crippen LogP contribution in [0.2, 0.25) is 0 Å². The number of carbonyl (C=O) groups is 2. The molecule has 0 saturated carbocycles. The number of nitrogens with one attached hydrogen (secondary N) is 2. The predicted octanol–water partition coefficient (Wildman–Crippen LogP) is 2.46. The van der Waals surface area contributed by atoms with Crippen molar-refractivity contribution in [2.24, 2.45) is 0 Å². The Bertz CT molecular complexity index is 1400. The molecule has 0 unspecified atom stereocenters. The Hall–Kier alpha value is -4.29. The molecule has 2 fully saturated rings. The van der Waals surface area contributed by atoms with Gasteiger partial charge >= 0.3 is 6.09 Å². The largest absolute Gasteiger partial charge is 0.487 e. The molecular formula is C28H31N7O5. The fraction of sp³-hybridized carbons (Fsp3) is 0.393. The highest BCUT2D eigenvalue weighted by Crippen LogP contribution is 2.30. The summed E-state index contributed by atoms with van der Waals surface area (Å²) in [4.78, 5) is 32.2. The van der Waals surface area contributed by atoms with E-state index < -0.39 is 6.09 Å². The first-order valence-electron chi connectivity index (χ1n) is 13.4. The van der Waals surface area contributed by atoms with E-state index in [1.165, 1.54) is 4.90 Å². The minimum atomic E-state index is -0.458. The number of rotatable bonds is 9. The van der Waals surface area contributed by atoms with Gasteiger partial charge in [0, 0.05) is 31.3 Å². The summed E-state index contributed by atoms with van der Waals surface area (Å²) in [7, 11) is 2.10. The number of amides is 2. The lowest BCUT2D eigenvalue weighted by molar-refractivity contribution is -0.118. The second-order valence-corrected chi connectivity index (χ2v) is 10.2. The first kappa shape index (κ1) is 26.0. The van der Waals surface area contributed by atoms with E-state index in [4.69, 9.17) is 14.2 Å². The van der Waals surface area contributed by atoms with Gasteiger partial charge in [-0.25, -0.2) is 9.78 Å². The molecule has 3 aromatic rings. The molecule has 2 N–H and O–H groups in total. The van der Waals surface area contributed by atoms with E-state index in [2.05, 4.69) is 49.9 Å². The molecule has 0 radical (unpaired) electrons. The topological polar surface area (TPSA) is 131 Å². The van der Waals surface area contributed by atoms with Crippen LogP contribution in [0.1, 0.15) is 18.4 Å². The molecule has 0 aliphatic carbocycles. The summed E-state index contributed by atoms with van der Waals surface area (Å²) in [5, 5.41) is 14.6. The summed E-state index contributed by atoms with van der Waals surface area (Å²) in [6.45, 7) is 3.60. The molecule has 6 rings (SSSR count). The monoisotopic (exact) mass is 545 g/mol. The Morgan fingerprint density at radius 3 is 2.98 bits per heavy atom. The number of hydrogen-bond acceptors (Lipinski definition) is 10. The van der Waals surface area contributed by atoms with Crippen molar-refractivity contribution < 1.29 is 23.8 Å². The molecule has 208 valence electrons. The first-order chi connectivity index (χ1) is 19.5. The maximum absolute atomic E-state index is 12.5. The Morgan fingerprint density at radius 2 is 2.10 bits per heavy atom. The minimum absolute atomic E-state index is 0.0477. The number of aromatic nitrogens is 3. The number of hydrogen-bond donors (Lipinski definition) is 2. The van der Waals surface area contributed by atoms with Crippen LogP contribution in [0.25, 0.3) is 11.3 Å². The van der Waals surface area contributed by atoms with Crippen LogP contribution in [0, 0.1) is 0 Å². The maximum atomic E-state index is 12.5. The summed E-state index contributed by atoms with van der Waals surface area (Å²) in [6.07, 6.45) is 2.77. The van der Waals surface area contributed by atoms with Crippen LogP contribution in [0.4, 0.5) is 16.4 Å². The summed E-state index contributed by atoms with van der Waals surface area (Å²) >= 11 is 0. The molecule has 12 nitrogen and oxygen atoms in total. The highest BCUT2D eigenvalue weighted by molar-refractivity contribution is 5.95. The minimum Gasteiger partial charge on any atom is -0.487 e. The third kappa shape index (κ3) is 5.97. The molecule has 12 heteroatoms. The van der Waals surface area contributed by atoms with Crippen molar-refractivity contribution in [3.05, 3.63) is 54.2 Å². The summed E-state index contributed by atoms with van der Waals surface area (Å²) < 4.78 is 17.0. The molecule has 40 heavy (non-hydrogen) atoms. The smallest absolute Gasteiger partial charge is 0.415 e. The molecule has 3 aliphatic heterocycles. The Kier molecular flexibility index (Phi) is 7.43. The number of benzene rings is 1. The zero-order valence-corrected chi connectivity index (χ0v) is 22.2. The second kappa shape index (κ2) is 11.4. The van der Waals surface area contributed by atoms with E-state index in [0.29, 0.717) is 43.4 Å². The van der Waals surface area contributed by atoms with Crippen molar-refractivity contribution in [1.29, 1.82) is 0 Å². The maximum Gasteiger partial charge on any atom is 0.415 e. The molecule has 2 saturated heterocycles. The van der Waals surface area contributed by atoms with Crippen molar-refractivity contribution >= 4 is 23.6 Å². The molecule has 3 aliphatic rings. The van der Waals surface area contributed by atoms with Gasteiger partial charge in [0.25, 0.3) is 5.91 Å². The van der Waals surface area contributed by atoms with Crippen LogP contribution in [0.5, 0.6) is 11.5 Å². The van der Waals surface area contributed by atoms with Gasteiger partial charge in [0.1, 0.15) is 23.8 Å². The summed E-state index contributed by atoms with van der Waals surface area (Å²) in [5.41, 5.74) is 2.85. The highest BCUT2D eigenvalue weighted by atomic mass is 16.6. The molecule has 2 amide bonds. The number of likely N-dealkylation sites (N-methyl/N-ethyl adjacent to an activating group) is 1. The van der Waals surface area contributed by atoms with E-state index in [1.54, 1.807) is 18.3 Å². The van der Waals surface area contributed by atoms with Gasteiger partial charge in [-0.1, -0.05) is 18.2 Å². The fourth-order valence-electron chi connectivity index (χ4n) is 5.04. The van der Waals surface area contributed by atoms with Gasteiger partial charge in [-0.3, -0.25) is 9.69 Å². The van der Waals surface area contributed by atoms with Gasteiger partial charge in [0.15, 0.2) is 18.2 Å². The normalized spacial score (nSPS) is 20.6. The van der Waals surface area contributed by atoms with E-state index in [-0.39, 0.29) is 24.7 Å². The summed E-state index contributed by atoms with van der Waals surface area (Å²) in [5.74, 6) is 1.65. The van der Waals surface area contributed by atoms with Crippen molar-refractivity contribution in [2.45, 2.75) is 31.6 Å².